The monoisotopic (exact) mass is 230 g/mol. The van der Waals surface area contributed by atoms with Crippen molar-refractivity contribution in [3.05, 3.63) is 0 Å². The van der Waals surface area contributed by atoms with Crippen molar-refractivity contribution in [3.63, 3.8) is 0 Å². The second-order valence-corrected chi connectivity index (χ2v) is 6.85. The first-order valence-electron chi connectivity index (χ1n) is 6.66. The number of hydrogen-bond acceptors (Lipinski definition) is 1. The summed E-state index contributed by atoms with van der Waals surface area (Å²) in [6, 6.07) is 0. The summed E-state index contributed by atoms with van der Waals surface area (Å²) in [6.07, 6.45) is 6.65. The minimum Gasteiger partial charge on any atom is -0.155 e. The summed E-state index contributed by atoms with van der Waals surface area (Å²) in [5.74, 6) is 0. The van der Waals surface area contributed by atoms with Crippen molar-refractivity contribution in [1.29, 1.82) is 0 Å². The van der Waals surface area contributed by atoms with Crippen LogP contribution in [0.2, 0.25) is 0 Å². The highest BCUT2D eigenvalue weighted by molar-refractivity contribution is 8.00. The lowest BCUT2D eigenvalue weighted by atomic mass is 9.80. The van der Waals surface area contributed by atoms with Crippen molar-refractivity contribution in [3.8, 4) is 0 Å². The van der Waals surface area contributed by atoms with E-state index in [0.29, 0.717) is 5.41 Å². The predicted octanol–water partition coefficient (Wildman–Crippen LogP) is 5.51. The highest BCUT2D eigenvalue weighted by Crippen LogP contribution is 2.36. The zero-order chi connectivity index (χ0) is 11.9. The molecule has 1 heteroatoms. The van der Waals surface area contributed by atoms with Crippen LogP contribution in [0.15, 0.2) is 0 Å². The van der Waals surface area contributed by atoms with Gasteiger partial charge in [-0.1, -0.05) is 54.4 Å². The molecule has 0 aromatic carbocycles. The third kappa shape index (κ3) is 5.85. The molecule has 0 bridgehead atoms. The topological polar surface area (TPSA) is 0 Å². The Bertz CT molecular complexity index is 145. The van der Waals surface area contributed by atoms with Crippen molar-refractivity contribution in [2.24, 2.45) is 5.41 Å². The average Bonchev–Trinajstić information content (AvgIpc) is 2.25. The quantitative estimate of drug-likeness (QED) is 0.529. The van der Waals surface area contributed by atoms with Crippen LogP contribution in [0.3, 0.4) is 0 Å². The van der Waals surface area contributed by atoms with E-state index < -0.39 is 0 Å². The fraction of sp³-hybridized carbons (Fsp3) is 1.00. The van der Waals surface area contributed by atoms with Gasteiger partial charge in [0.05, 0.1) is 0 Å². The molecule has 0 saturated heterocycles. The van der Waals surface area contributed by atoms with Gasteiger partial charge in [0.15, 0.2) is 0 Å². The molecule has 0 N–H and O–H groups in total. The molecule has 0 radical (unpaired) electrons. The van der Waals surface area contributed by atoms with Gasteiger partial charge in [-0.05, 0) is 24.7 Å². The van der Waals surface area contributed by atoms with Gasteiger partial charge in [0.2, 0.25) is 0 Å². The Labute approximate surface area is 102 Å². The Morgan fingerprint density at radius 1 is 1.00 bits per heavy atom. The maximum absolute atomic E-state index is 2.44. The van der Waals surface area contributed by atoms with Gasteiger partial charge in [-0.3, -0.25) is 0 Å². The minimum absolute atomic E-state index is 0.568. The molecule has 0 spiro atoms. The average molecular weight is 230 g/mol. The van der Waals surface area contributed by atoms with Gasteiger partial charge in [-0.25, -0.2) is 0 Å². The van der Waals surface area contributed by atoms with Crippen molar-refractivity contribution < 1.29 is 0 Å². The minimum atomic E-state index is 0.568. The third-order valence-electron chi connectivity index (χ3n) is 3.82. The molecular weight excluding hydrogens is 200 g/mol. The first-order valence-corrected chi connectivity index (χ1v) is 7.61. The molecule has 0 aliphatic rings. The smallest absolute Gasteiger partial charge is 0.00444 e. The third-order valence-corrected chi connectivity index (χ3v) is 5.51. The van der Waals surface area contributed by atoms with Crippen LogP contribution in [0.4, 0.5) is 0 Å². The van der Waals surface area contributed by atoms with Crippen LogP contribution in [0.1, 0.15) is 73.6 Å². The molecule has 0 fully saturated rings. The van der Waals surface area contributed by atoms with Gasteiger partial charge >= 0.3 is 0 Å². The first kappa shape index (κ1) is 15.3. The van der Waals surface area contributed by atoms with E-state index in [0.717, 1.165) is 10.5 Å². The summed E-state index contributed by atoms with van der Waals surface area (Å²) >= 11 is 2.20. The molecule has 0 aromatic heterocycles. The molecule has 0 nitrogen and oxygen atoms in total. The molecule has 92 valence electrons. The summed E-state index contributed by atoms with van der Waals surface area (Å²) in [5, 5.41) is 1.69. The Morgan fingerprint density at radius 3 is 1.80 bits per heavy atom. The Morgan fingerprint density at radius 2 is 1.47 bits per heavy atom. The van der Waals surface area contributed by atoms with Crippen molar-refractivity contribution in [2.45, 2.75) is 84.1 Å². The maximum Gasteiger partial charge on any atom is 0.00444 e. The van der Waals surface area contributed by atoms with E-state index in [1.54, 1.807) is 0 Å². The van der Waals surface area contributed by atoms with Gasteiger partial charge in [-0.15, -0.1) is 0 Å². The summed E-state index contributed by atoms with van der Waals surface area (Å²) in [4.78, 5) is 0. The number of thioether (sulfide) groups is 1. The molecule has 15 heavy (non-hydrogen) atoms. The van der Waals surface area contributed by atoms with Crippen LogP contribution >= 0.6 is 11.8 Å². The molecule has 0 aromatic rings. The molecule has 0 amide bonds. The zero-order valence-electron chi connectivity index (χ0n) is 11.6. The highest BCUT2D eigenvalue weighted by atomic mass is 32.2. The van der Waals surface area contributed by atoms with Crippen molar-refractivity contribution in [2.75, 3.05) is 0 Å². The van der Waals surface area contributed by atoms with E-state index in [1.807, 2.05) is 0 Å². The largest absolute Gasteiger partial charge is 0.155 e. The molecule has 1 unspecified atom stereocenters. The SMILES string of the molecule is CCC(CC)SC(C)CC(C)(CC)CC. The molecule has 0 heterocycles. The summed E-state index contributed by atoms with van der Waals surface area (Å²) in [6.45, 7) is 14.1. The molecular formula is C14H30S. The van der Waals surface area contributed by atoms with E-state index in [2.05, 4.69) is 53.3 Å². The zero-order valence-corrected chi connectivity index (χ0v) is 12.4. The summed E-state index contributed by atoms with van der Waals surface area (Å²) < 4.78 is 0. The lowest BCUT2D eigenvalue weighted by Crippen LogP contribution is -2.20. The Hall–Kier alpha value is 0.350. The van der Waals surface area contributed by atoms with Gasteiger partial charge in [-0.2, -0.15) is 11.8 Å². The maximum atomic E-state index is 2.44. The van der Waals surface area contributed by atoms with Crippen molar-refractivity contribution in [1.82, 2.24) is 0 Å². The number of rotatable bonds is 8. The van der Waals surface area contributed by atoms with Crippen LogP contribution in [-0.2, 0) is 0 Å². The lowest BCUT2D eigenvalue weighted by molar-refractivity contribution is 0.273. The van der Waals surface area contributed by atoms with E-state index in [4.69, 9.17) is 0 Å². The summed E-state index contributed by atoms with van der Waals surface area (Å²) in [7, 11) is 0. The lowest BCUT2D eigenvalue weighted by Gasteiger charge is -2.31. The Kier molecular flexibility index (Phi) is 7.77. The van der Waals surface area contributed by atoms with E-state index >= 15 is 0 Å². The predicted molar refractivity (Wildman–Crippen MR) is 74.7 cm³/mol. The standard InChI is InChI=1S/C14H30S/c1-7-13(8-2)15-12(5)11-14(6,9-3)10-4/h12-13H,7-11H2,1-6H3. The first-order chi connectivity index (χ1) is 7.01. The molecule has 1 atom stereocenters. The molecule has 0 saturated carbocycles. The summed E-state index contributed by atoms with van der Waals surface area (Å²) in [5.41, 5.74) is 0.568. The van der Waals surface area contributed by atoms with Gasteiger partial charge in [0.25, 0.3) is 0 Å². The highest BCUT2D eigenvalue weighted by Gasteiger charge is 2.23. The molecule has 0 rings (SSSR count). The van der Waals surface area contributed by atoms with E-state index in [1.165, 1.54) is 32.1 Å². The van der Waals surface area contributed by atoms with Crippen LogP contribution in [0.5, 0.6) is 0 Å². The van der Waals surface area contributed by atoms with E-state index in [-0.39, 0.29) is 0 Å². The van der Waals surface area contributed by atoms with Crippen LogP contribution in [-0.4, -0.2) is 10.5 Å². The van der Waals surface area contributed by atoms with Crippen LogP contribution < -0.4 is 0 Å². The van der Waals surface area contributed by atoms with Gasteiger partial charge in [0.1, 0.15) is 0 Å². The molecule has 0 aliphatic carbocycles. The fourth-order valence-electron chi connectivity index (χ4n) is 2.09. The van der Waals surface area contributed by atoms with Gasteiger partial charge < -0.3 is 0 Å². The van der Waals surface area contributed by atoms with Gasteiger partial charge in [0, 0.05) is 10.5 Å². The van der Waals surface area contributed by atoms with E-state index in [9.17, 15) is 0 Å². The second kappa shape index (κ2) is 7.60. The Balaban J connectivity index is 4.05. The normalized spacial score (nSPS) is 14.6. The second-order valence-electron chi connectivity index (χ2n) is 5.11. The molecule has 0 aliphatic heterocycles. The van der Waals surface area contributed by atoms with Crippen molar-refractivity contribution >= 4 is 11.8 Å². The fourth-order valence-corrected chi connectivity index (χ4v) is 3.63. The number of hydrogen-bond donors (Lipinski definition) is 0. The van der Waals surface area contributed by atoms with Crippen LogP contribution in [0.25, 0.3) is 0 Å². The van der Waals surface area contributed by atoms with Crippen LogP contribution in [0, 0.1) is 5.41 Å².